The first kappa shape index (κ1) is 10.3. The molecule has 0 unspecified atom stereocenters. The maximum atomic E-state index is 9.46. The van der Waals surface area contributed by atoms with Gasteiger partial charge in [-0.15, -0.1) is 0 Å². The topological polar surface area (TPSA) is 20.2 Å². The van der Waals surface area contributed by atoms with E-state index in [1.54, 1.807) is 6.07 Å². The first-order chi connectivity index (χ1) is 7.16. The molecule has 0 spiro atoms. The molecule has 0 bridgehead atoms. The van der Waals surface area contributed by atoms with Crippen LogP contribution in [-0.4, -0.2) is 5.11 Å². The van der Waals surface area contributed by atoms with Gasteiger partial charge in [-0.05, 0) is 54.0 Å². The number of benzene rings is 1. The molecule has 1 aliphatic carbocycles. The van der Waals surface area contributed by atoms with Crippen molar-refractivity contribution in [3.05, 3.63) is 35.4 Å². The molecule has 1 aromatic carbocycles. The van der Waals surface area contributed by atoms with Gasteiger partial charge in [0, 0.05) is 0 Å². The Balaban J connectivity index is 2.15. The standard InChI is InChI=1S/C14H18O/c1-10(2)3-4-11-5-6-12-7-8-13(15)9-14(11)12/h5,7-10,15H,3-4,6H2,1-2H3. The number of hydrogen-bond acceptors (Lipinski definition) is 1. The highest BCUT2D eigenvalue weighted by atomic mass is 16.3. The van der Waals surface area contributed by atoms with E-state index in [4.69, 9.17) is 0 Å². The summed E-state index contributed by atoms with van der Waals surface area (Å²) in [6.07, 6.45) is 5.69. The maximum absolute atomic E-state index is 9.46. The summed E-state index contributed by atoms with van der Waals surface area (Å²) in [7, 11) is 0. The first-order valence-corrected chi connectivity index (χ1v) is 5.68. The van der Waals surface area contributed by atoms with Gasteiger partial charge >= 0.3 is 0 Å². The maximum Gasteiger partial charge on any atom is 0.116 e. The summed E-state index contributed by atoms with van der Waals surface area (Å²) in [5.41, 5.74) is 4.02. The predicted octanol–water partition coefficient (Wildman–Crippen LogP) is 3.77. The summed E-state index contributed by atoms with van der Waals surface area (Å²) in [4.78, 5) is 0. The van der Waals surface area contributed by atoms with Gasteiger partial charge in [0.15, 0.2) is 0 Å². The van der Waals surface area contributed by atoms with Crippen LogP contribution in [0.2, 0.25) is 0 Å². The Labute approximate surface area is 91.4 Å². The van der Waals surface area contributed by atoms with Crippen LogP contribution < -0.4 is 0 Å². The normalized spacial score (nSPS) is 14.2. The molecule has 1 heteroatoms. The van der Waals surface area contributed by atoms with Gasteiger partial charge < -0.3 is 5.11 Å². The van der Waals surface area contributed by atoms with E-state index in [0.717, 1.165) is 18.8 Å². The Morgan fingerprint density at radius 3 is 2.87 bits per heavy atom. The van der Waals surface area contributed by atoms with Crippen molar-refractivity contribution in [2.45, 2.75) is 33.1 Å². The van der Waals surface area contributed by atoms with Crippen molar-refractivity contribution in [2.24, 2.45) is 5.92 Å². The summed E-state index contributed by atoms with van der Waals surface area (Å²) in [5, 5.41) is 9.46. The van der Waals surface area contributed by atoms with Crippen molar-refractivity contribution in [3.8, 4) is 5.75 Å². The number of allylic oxidation sites excluding steroid dienone is 2. The zero-order valence-corrected chi connectivity index (χ0v) is 9.46. The van der Waals surface area contributed by atoms with Crippen LogP contribution in [-0.2, 0) is 6.42 Å². The van der Waals surface area contributed by atoms with Gasteiger partial charge in [0.25, 0.3) is 0 Å². The van der Waals surface area contributed by atoms with Crippen LogP contribution >= 0.6 is 0 Å². The van der Waals surface area contributed by atoms with Crippen molar-refractivity contribution < 1.29 is 5.11 Å². The highest BCUT2D eigenvalue weighted by Gasteiger charge is 2.14. The second-order valence-electron chi connectivity index (χ2n) is 4.71. The van der Waals surface area contributed by atoms with Gasteiger partial charge in [0.1, 0.15) is 5.75 Å². The second kappa shape index (κ2) is 4.09. The Bertz CT molecular complexity index is 388. The second-order valence-corrected chi connectivity index (χ2v) is 4.71. The van der Waals surface area contributed by atoms with Crippen LogP contribution in [0.25, 0.3) is 5.57 Å². The molecule has 0 saturated heterocycles. The van der Waals surface area contributed by atoms with Crippen LogP contribution in [0.1, 0.15) is 37.8 Å². The molecule has 1 N–H and O–H groups in total. The lowest BCUT2D eigenvalue weighted by molar-refractivity contribution is 0.475. The molecule has 1 aliphatic rings. The third kappa shape index (κ3) is 2.23. The molecule has 0 heterocycles. The number of rotatable bonds is 3. The van der Waals surface area contributed by atoms with Crippen LogP contribution in [0.3, 0.4) is 0 Å². The summed E-state index contributed by atoms with van der Waals surface area (Å²) in [6, 6.07) is 5.70. The van der Waals surface area contributed by atoms with E-state index in [2.05, 4.69) is 19.9 Å². The van der Waals surface area contributed by atoms with Gasteiger partial charge in [-0.2, -0.15) is 0 Å². The zero-order chi connectivity index (χ0) is 10.8. The molecule has 80 valence electrons. The van der Waals surface area contributed by atoms with Crippen LogP contribution in [0.5, 0.6) is 5.75 Å². The lowest BCUT2D eigenvalue weighted by Crippen LogP contribution is -1.89. The molecule has 0 aromatic heterocycles. The number of hydrogen-bond donors (Lipinski definition) is 1. The van der Waals surface area contributed by atoms with Crippen LogP contribution in [0.15, 0.2) is 24.3 Å². The van der Waals surface area contributed by atoms with E-state index in [9.17, 15) is 5.11 Å². The minimum Gasteiger partial charge on any atom is -0.508 e. The van der Waals surface area contributed by atoms with Crippen LogP contribution in [0.4, 0.5) is 0 Å². The number of aromatic hydroxyl groups is 1. The fraction of sp³-hybridized carbons (Fsp3) is 0.429. The number of fused-ring (bicyclic) bond motifs is 1. The van der Waals surface area contributed by atoms with E-state index in [0.29, 0.717) is 5.75 Å². The van der Waals surface area contributed by atoms with Gasteiger partial charge in [-0.25, -0.2) is 0 Å². The Morgan fingerprint density at radius 2 is 2.13 bits per heavy atom. The molecule has 0 fully saturated rings. The Kier molecular flexibility index (Phi) is 2.81. The SMILES string of the molecule is CC(C)CCC1=CCc2ccc(O)cc21. The summed E-state index contributed by atoms with van der Waals surface area (Å²) in [6.45, 7) is 4.50. The predicted molar refractivity (Wildman–Crippen MR) is 63.9 cm³/mol. The fourth-order valence-electron chi connectivity index (χ4n) is 2.07. The highest BCUT2D eigenvalue weighted by Crippen LogP contribution is 2.33. The summed E-state index contributed by atoms with van der Waals surface area (Å²) < 4.78 is 0. The molecule has 1 aromatic rings. The third-order valence-electron chi connectivity index (χ3n) is 3.00. The molecule has 0 amide bonds. The van der Waals surface area contributed by atoms with Crippen molar-refractivity contribution in [1.29, 1.82) is 0 Å². The largest absolute Gasteiger partial charge is 0.508 e. The molecule has 1 nitrogen and oxygen atoms in total. The minimum atomic E-state index is 0.381. The minimum absolute atomic E-state index is 0.381. The summed E-state index contributed by atoms with van der Waals surface area (Å²) >= 11 is 0. The van der Waals surface area contributed by atoms with Gasteiger partial charge in [0.05, 0.1) is 0 Å². The fourth-order valence-corrected chi connectivity index (χ4v) is 2.07. The monoisotopic (exact) mass is 202 g/mol. The molecule has 0 saturated carbocycles. The van der Waals surface area contributed by atoms with Gasteiger partial charge in [-0.1, -0.05) is 26.0 Å². The van der Waals surface area contributed by atoms with Crippen molar-refractivity contribution in [2.75, 3.05) is 0 Å². The van der Waals surface area contributed by atoms with Crippen LogP contribution in [0, 0.1) is 5.92 Å². The molecule has 15 heavy (non-hydrogen) atoms. The molecular formula is C14H18O. The zero-order valence-electron chi connectivity index (χ0n) is 9.46. The summed E-state index contributed by atoms with van der Waals surface area (Å²) in [5.74, 6) is 1.12. The number of phenols is 1. The Morgan fingerprint density at radius 1 is 1.33 bits per heavy atom. The lowest BCUT2D eigenvalue weighted by atomic mass is 9.98. The first-order valence-electron chi connectivity index (χ1n) is 5.68. The third-order valence-corrected chi connectivity index (χ3v) is 3.00. The average molecular weight is 202 g/mol. The quantitative estimate of drug-likeness (QED) is 0.791. The highest BCUT2D eigenvalue weighted by molar-refractivity contribution is 5.73. The van der Waals surface area contributed by atoms with E-state index in [1.165, 1.54) is 23.1 Å². The lowest BCUT2D eigenvalue weighted by Gasteiger charge is -2.08. The van der Waals surface area contributed by atoms with E-state index < -0.39 is 0 Å². The van der Waals surface area contributed by atoms with Gasteiger partial charge in [-0.3, -0.25) is 0 Å². The van der Waals surface area contributed by atoms with Gasteiger partial charge in [0.2, 0.25) is 0 Å². The van der Waals surface area contributed by atoms with E-state index in [1.807, 2.05) is 12.1 Å². The smallest absolute Gasteiger partial charge is 0.116 e. The molecule has 2 rings (SSSR count). The van der Waals surface area contributed by atoms with E-state index >= 15 is 0 Å². The van der Waals surface area contributed by atoms with Crippen molar-refractivity contribution >= 4 is 5.57 Å². The molecule has 0 aliphatic heterocycles. The van der Waals surface area contributed by atoms with E-state index in [-0.39, 0.29) is 0 Å². The molecule has 0 radical (unpaired) electrons. The average Bonchev–Trinajstić information content (AvgIpc) is 2.57. The molecule has 0 atom stereocenters. The van der Waals surface area contributed by atoms with Crippen molar-refractivity contribution in [1.82, 2.24) is 0 Å². The Hall–Kier alpha value is -1.24. The van der Waals surface area contributed by atoms with Crippen molar-refractivity contribution in [3.63, 3.8) is 0 Å². The number of phenolic OH excluding ortho intramolecular Hbond substituents is 1. The molecular weight excluding hydrogens is 184 g/mol.